The quantitative estimate of drug-likeness (QED) is 0.685. The molecule has 1 atom stereocenters. The second-order valence-electron chi connectivity index (χ2n) is 4.74. The molecule has 0 aliphatic heterocycles. The first-order valence-corrected chi connectivity index (χ1v) is 6.35. The SMILES string of the molecule is CC(C)NC(=O)CNC(=O)[C@@H](N)Cc1ccccc1. The highest BCUT2D eigenvalue weighted by atomic mass is 16.2. The van der Waals surface area contributed by atoms with E-state index in [1.54, 1.807) is 0 Å². The minimum Gasteiger partial charge on any atom is -0.352 e. The standard InChI is InChI=1S/C14H21N3O2/c1-10(2)17-13(18)9-16-14(19)12(15)8-11-6-4-3-5-7-11/h3-7,10,12H,8-9,15H2,1-2H3,(H,16,19)(H,17,18)/t12-/m0/s1. The molecule has 2 amide bonds. The van der Waals surface area contributed by atoms with E-state index in [2.05, 4.69) is 10.6 Å². The summed E-state index contributed by atoms with van der Waals surface area (Å²) in [7, 11) is 0. The molecule has 19 heavy (non-hydrogen) atoms. The summed E-state index contributed by atoms with van der Waals surface area (Å²) < 4.78 is 0. The molecule has 0 fully saturated rings. The van der Waals surface area contributed by atoms with Gasteiger partial charge in [-0.2, -0.15) is 0 Å². The van der Waals surface area contributed by atoms with Crippen LogP contribution in [0.15, 0.2) is 30.3 Å². The maximum absolute atomic E-state index is 11.7. The van der Waals surface area contributed by atoms with Crippen LogP contribution in [0.2, 0.25) is 0 Å². The average molecular weight is 263 g/mol. The Morgan fingerprint density at radius 1 is 1.21 bits per heavy atom. The van der Waals surface area contributed by atoms with Gasteiger partial charge in [0, 0.05) is 6.04 Å². The lowest BCUT2D eigenvalue weighted by Gasteiger charge is -2.13. The van der Waals surface area contributed by atoms with Crippen LogP contribution >= 0.6 is 0 Å². The van der Waals surface area contributed by atoms with Crippen molar-refractivity contribution in [3.05, 3.63) is 35.9 Å². The molecule has 1 aromatic rings. The zero-order valence-corrected chi connectivity index (χ0v) is 11.3. The van der Waals surface area contributed by atoms with Crippen molar-refractivity contribution in [2.24, 2.45) is 5.73 Å². The molecule has 0 unspecified atom stereocenters. The van der Waals surface area contributed by atoms with Crippen LogP contribution in [0.1, 0.15) is 19.4 Å². The van der Waals surface area contributed by atoms with Crippen LogP contribution in [0, 0.1) is 0 Å². The number of hydrogen-bond donors (Lipinski definition) is 3. The molecule has 0 bridgehead atoms. The van der Waals surface area contributed by atoms with Gasteiger partial charge >= 0.3 is 0 Å². The summed E-state index contributed by atoms with van der Waals surface area (Å²) in [5, 5.41) is 5.22. The van der Waals surface area contributed by atoms with Gasteiger partial charge in [0.25, 0.3) is 0 Å². The van der Waals surface area contributed by atoms with Gasteiger partial charge in [-0.05, 0) is 25.8 Å². The highest BCUT2D eigenvalue weighted by Gasteiger charge is 2.14. The van der Waals surface area contributed by atoms with Crippen LogP contribution < -0.4 is 16.4 Å². The number of rotatable bonds is 6. The second-order valence-corrected chi connectivity index (χ2v) is 4.74. The normalized spacial score (nSPS) is 12.0. The first-order valence-electron chi connectivity index (χ1n) is 6.35. The van der Waals surface area contributed by atoms with Gasteiger partial charge in [-0.1, -0.05) is 30.3 Å². The van der Waals surface area contributed by atoms with Crippen molar-refractivity contribution >= 4 is 11.8 Å². The Balaban J connectivity index is 2.35. The van der Waals surface area contributed by atoms with E-state index in [9.17, 15) is 9.59 Å². The van der Waals surface area contributed by atoms with Gasteiger partial charge in [-0.3, -0.25) is 9.59 Å². The van der Waals surface area contributed by atoms with Gasteiger partial charge in [0.2, 0.25) is 11.8 Å². The Bertz CT molecular complexity index is 418. The minimum atomic E-state index is -0.644. The van der Waals surface area contributed by atoms with E-state index in [0.717, 1.165) is 5.56 Å². The molecular formula is C14H21N3O2. The molecule has 1 rings (SSSR count). The van der Waals surface area contributed by atoms with E-state index in [1.807, 2.05) is 44.2 Å². The number of carbonyl (C=O) groups is 2. The number of nitrogens with one attached hydrogen (secondary N) is 2. The van der Waals surface area contributed by atoms with E-state index < -0.39 is 6.04 Å². The molecule has 5 nitrogen and oxygen atoms in total. The molecule has 4 N–H and O–H groups in total. The molecule has 0 spiro atoms. The fourth-order valence-electron chi connectivity index (χ4n) is 1.63. The molecule has 0 aliphatic carbocycles. The minimum absolute atomic E-state index is 0.0422. The maximum atomic E-state index is 11.7. The third-order valence-corrected chi connectivity index (χ3v) is 2.51. The van der Waals surface area contributed by atoms with Gasteiger partial charge in [0.15, 0.2) is 0 Å². The third-order valence-electron chi connectivity index (χ3n) is 2.51. The van der Waals surface area contributed by atoms with E-state index in [0.29, 0.717) is 6.42 Å². The van der Waals surface area contributed by atoms with E-state index in [-0.39, 0.29) is 24.4 Å². The Labute approximate surface area is 113 Å². The van der Waals surface area contributed by atoms with Crippen molar-refractivity contribution in [1.82, 2.24) is 10.6 Å². The summed E-state index contributed by atoms with van der Waals surface area (Å²) >= 11 is 0. The van der Waals surface area contributed by atoms with Gasteiger partial charge < -0.3 is 16.4 Å². The molecule has 5 heteroatoms. The maximum Gasteiger partial charge on any atom is 0.239 e. The molecule has 0 radical (unpaired) electrons. The van der Waals surface area contributed by atoms with E-state index >= 15 is 0 Å². The first kappa shape index (κ1) is 15.2. The third kappa shape index (κ3) is 6.01. The van der Waals surface area contributed by atoms with Crippen molar-refractivity contribution in [2.45, 2.75) is 32.4 Å². The van der Waals surface area contributed by atoms with Gasteiger partial charge in [0.05, 0.1) is 12.6 Å². The lowest BCUT2D eigenvalue weighted by molar-refractivity contribution is -0.127. The molecule has 0 heterocycles. The van der Waals surface area contributed by atoms with E-state index in [4.69, 9.17) is 5.73 Å². The lowest BCUT2D eigenvalue weighted by Crippen LogP contribution is -2.46. The number of benzene rings is 1. The van der Waals surface area contributed by atoms with Crippen LogP contribution in [-0.2, 0) is 16.0 Å². The molecule has 0 saturated carbocycles. The molecule has 0 saturated heterocycles. The van der Waals surface area contributed by atoms with Gasteiger partial charge in [0.1, 0.15) is 0 Å². The molecular weight excluding hydrogens is 242 g/mol. The Morgan fingerprint density at radius 2 is 1.84 bits per heavy atom. The number of nitrogens with two attached hydrogens (primary N) is 1. The summed E-state index contributed by atoms with van der Waals surface area (Å²) in [4.78, 5) is 23.1. The average Bonchev–Trinajstić information content (AvgIpc) is 2.36. The summed E-state index contributed by atoms with van der Waals surface area (Å²) in [6, 6.07) is 8.95. The van der Waals surface area contributed by atoms with Crippen LogP contribution in [0.4, 0.5) is 0 Å². The van der Waals surface area contributed by atoms with Crippen LogP contribution in [0.5, 0.6) is 0 Å². The van der Waals surface area contributed by atoms with Crippen molar-refractivity contribution in [2.75, 3.05) is 6.54 Å². The number of amides is 2. The van der Waals surface area contributed by atoms with Crippen LogP contribution in [0.3, 0.4) is 0 Å². The summed E-state index contributed by atoms with van der Waals surface area (Å²) in [6.45, 7) is 3.68. The molecule has 0 aliphatic rings. The smallest absolute Gasteiger partial charge is 0.239 e. The first-order chi connectivity index (χ1) is 8.99. The van der Waals surface area contributed by atoms with Crippen molar-refractivity contribution in [3.63, 3.8) is 0 Å². The zero-order valence-electron chi connectivity index (χ0n) is 11.3. The lowest BCUT2D eigenvalue weighted by atomic mass is 10.1. The fourth-order valence-corrected chi connectivity index (χ4v) is 1.63. The molecule has 0 aromatic heterocycles. The Kier molecular flexibility index (Phi) is 6.02. The molecule has 104 valence electrons. The monoisotopic (exact) mass is 263 g/mol. The summed E-state index contributed by atoms with van der Waals surface area (Å²) in [5.74, 6) is -0.530. The zero-order chi connectivity index (χ0) is 14.3. The van der Waals surface area contributed by atoms with Crippen molar-refractivity contribution in [3.8, 4) is 0 Å². The topological polar surface area (TPSA) is 84.2 Å². The van der Waals surface area contributed by atoms with Crippen molar-refractivity contribution < 1.29 is 9.59 Å². The predicted octanol–water partition coefficient (Wildman–Crippen LogP) is 0.197. The summed E-state index contributed by atoms with van der Waals surface area (Å²) in [6.07, 6.45) is 0.457. The Hall–Kier alpha value is -1.88. The predicted molar refractivity (Wildman–Crippen MR) is 74.4 cm³/mol. The highest BCUT2D eigenvalue weighted by molar-refractivity contribution is 5.87. The van der Waals surface area contributed by atoms with Crippen molar-refractivity contribution in [1.29, 1.82) is 0 Å². The molecule has 1 aromatic carbocycles. The number of hydrogen-bond acceptors (Lipinski definition) is 3. The Morgan fingerprint density at radius 3 is 2.42 bits per heavy atom. The summed E-state index contributed by atoms with van der Waals surface area (Å²) in [5.41, 5.74) is 6.79. The fraction of sp³-hybridized carbons (Fsp3) is 0.429. The highest BCUT2D eigenvalue weighted by Crippen LogP contribution is 2.01. The van der Waals surface area contributed by atoms with Crippen LogP contribution in [0.25, 0.3) is 0 Å². The van der Waals surface area contributed by atoms with E-state index in [1.165, 1.54) is 0 Å². The van der Waals surface area contributed by atoms with Gasteiger partial charge in [-0.25, -0.2) is 0 Å². The number of carbonyl (C=O) groups excluding carboxylic acids is 2. The van der Waals surface area contributed by atoms with Crippen LogP contribution in [-0.4, -0.2) is 30.4 Å². The van der Waals surface area contributed by atoms with Gasteiger partial charge in [-0.15, -0.1) is 0 Å². The second kappa shape index (κ2) is 7.53. The largest absolute Gasteiger partial charge is 0.352 e.